The minimum absolute atomic E-state index is 0.574. The highest BCUT2D eigenvalue weighted by atomic mass is 32.1. The fraction of sp³-hybridized carbons (Fsp3) is 0.727. The van der Waals surface area contributed by atoms with Gasteiger partial charge < -0.3 is 10.2 Å². The highest BCUT2D eigenvalue weighted by Gasteiger charge is 2.14. The van der Waals surface area contributed by atoms with Crippen LogP contribution in [-0.4, -0.2) is 35.6 Å². The lowest BCUT2D eigenvalue weighted by molar-refractivity contribution is 0.298. The van der Waals surface area contributed by atoms with E-state index in [0.29, 0.717) is 6.04 Å². The summed E-state index contributed by atoms with van der Waals surface area (Å²) >= 11 is 1.72. The molecule has 15 heavy (non-hydrogen) atoms. The van der Waals surface area contributed by atoms with Gasteiger partial charge in [0.2, 0.25) is 0 Å². The van der Waals surface area contributed by atoms with Gasteiger partial charge in [-0.1, -0.05) is 0 Å². The largest absolute Gasteiger partial charge is 0.308 e. The molecule has 0 amide bonds. The molecule has 1 atom stereocenters. The van der Waals surface area contributed by atoms with E-state index in [-0.39, 0.29) is 0 Å². The second-order valence-electron chi connectivity index (χ2n) is 4.26. The highest BCUT2D eigenvalue weighted by Crippen LogP contribution is 2.08. The van der Waals surface area contributed by atoms with E-state index in [0.717, 1.165) is 6.54 Å². The Balaban J connectivity index is 1.66. The van der Waals surface area contributed by atoms with Gasteiger partial charge >= 0.3 is 0 Å². The summed E-state index contributed by atoms with van der Waals surface area (Å²) in [5.74, 6) is 0. The molecule has 1 unspecified atom stereocenters. The fourth-order valence-electron chi connectivity index (χ4n) is 2.02. The predicted molar refractivity (Wildman–Crippen MR) is 64.1 cm³/mol. The quantitative estimate of drug-likeness (QED) is 0.827. The van der Waals surface area contributed by atoms with Crippen molar-refractivity contribution < 1.29 is 0 Å². The molecule has 0 saturated carbocycles. The zero-order valence-electron chi connectivity index (χ0n) is 9.28. The van der Waals surface area contributed by atoms with E-state index >= 15 is 0 Å². The van der Waals surface area contributed by atoms with Crippen LogP contribution in [0.4, 0.5) is 0 Å². The molecule has 0 spiro atoms. The Bertz CT molecular complexity index is 267. The third kappa shape index (κ3) is 3.55. The zero-order valence-corrected chi connectivity index (χ0v) is 10.1. The zero-order chi connectivity index (χ0) is 10.5. The van der Waals surface area contributed by atoms with Crippen molar-refractivity contribution in [1.29, 1.82) is 0 Å². The first-order valence-electron chi connectivity index (χ1n) is 5.67. The topological polar surface area (TPSA) is 28.2 Å². The first-order valence-corrected chi connectivity index (χ1v) is 6.55. The molecule has 0 radical (unpaired) electrons. The van der Waals surface area contributed by atoms with Crippen molar-refractivity contribution in [3.8, 4) is 0 Å². The lowest BCUT2D eigenvalue weighted by Crippen LogP contribution is -2.37. The van der Waals surface area contributed by atoms with Crippen LogP contribution < -0.4 is 5.32 Å². The maximum Gasteiger partial charge on any atom is 0.0794 e. The Morgan fingerprint density at radius 1 is 1.53 bits per heavy atom. The van der Waals surface area contributed by atoms with Crippen molar-refractivity contribution in [2.45, 2.75) is 32.4 Å². The molecule has 1 aliphatic heterocycles. The van der Waals surface area contributed by atoms with Gasteiger partial charge in [-0.3, -0.25) is 4.98 Å². The lowest BCUT2D eigenvalue weighted by Gasteiger charge is -2.20. The Morgan fingerprint density at radius 2 is 2.33 bits per heavy atom. The molecule has 0 bridgehead atoms. The summed E-state index contributed by atoms with van der Waals surface area (Å²) in [6, 6.07) is 0.574. The van der Waals surface area contributed by atoms with Crippen molar-refractivity contribution in [2.24, 2.45) is 0 Å². The van der Waals surface area contributed by atoms with E-state index in [1.807, 2.05) is 11.7 Å². The monoisotopic (exact) mass is 225 g/mol. The summed E-state index contributed by atoms with van der Waals surface area (Å²) in [5, 5.41) is 3.54. The summed E-state index contributed by atoms with van der Waals surface area (Å²) < 4.78 is 0. The highest BCUT2D eigenvalue weighted by molar-refractivity contribution is 7.09. The second kappa shape index (κ2) is 5.58. The molecule has 84 valence electrons. The Labute approximate surface area is 95.5 Å². The molecule has 2 rings (SSSR count). The van der Waals surface area contributed by atoms with Crippen LogP contribution in [-0.2, 0) is 6.54 Å². The van der Waals surface area contributed by atoms with Crippen molar-refractivity contribution in [3.05, 3.63) is 16.6 Å². The molecule has 1 fully saturated rings. The molecule has 1 aromatic rings. The number of aromatic nitrogens is 1. The van der Waals surface area contributed by atoms with Crippen molar-refractivity contribution in [2.75, 3.05) is 19.6 Å². The molecule has 3 nitrogen and oxygen atoms in total. The first-order chi connectivity index (χ1) is 7.34. The predicted octanol–water partition coefficient (Wildman–Crippen LogP) is 1.72. The van der Waals surface area contributed by atoms with Crippen molar-refractivity contribution in [1.82, 2.24) is 15.2 Å². The maximum atomic E-state index is 4.07. The van der Waals surface area contributed by atoms with E-state index in [1.165, 1.54) is 37.4 Å². The summed E-state index contributed by atoms with van der Waals surface area (Å²) in [5.41, 5.74) is 1.89. The number of thiazole rings is 1. The average molecular weight is 225 g/mol. The summed E-state index contributed by atoms with van der Waals surface area (Å²) in [6.07, 6.45) is 4.70. The molecule has 1 N–H and O–H groups in total. The summed E-state index contributed by atoms with van der Waals surface area (Å²) in [6.45, 7) is 6.97. The van der Waals surface area contributed by atoms with Gasteiger partial charge in [0.1, 0.15) is 0 Å². The number of hydrogen-bond donors (Lipinski definition) is 1. The van der Waals surface area contributed by atoms with Gasteiger partial charge in [0, 0.05) is 30.2 Å². The van der Waals surface area contributed by atoms with Gasteiger partial charge in [-0.15, -0.1) is 11.3 Å². The minimum Gasteiger partial charge on any atom is -0.308 e. The van der Waals surface area contributed by atoms with Crippen LogP contribution in [0.5, 0.6) is 0 Å². The number of likely N-dealkylation sites (tertiary alicyclic amines) is 1. The van der Waals surface area contributed by atoms with Crippen molar-refractivity contribution in [3.63, 3.8) is 0 Å². The van der Waals surface area contributed by atoms with Crippen LogP contribution >= 0.6 is 11.3 Å². The average Bonchev–Trinajstić information content (AvgIpc) is 2.86. The van der Waals surface area contributed by atoms with E-state index < -0.39 is 0 Å². The van der Waals surface area contributed by atoms with Gasteiger partial charge in [-0.05, 0) is 32.9 Å². The summed E-state index contributed by atoms with van der Waals surface area (Å²) in [7, 11) is 0. The van der Waals surface area contributed by atoms with Crippen LogP contribution in [0.1, 0.15) is 24.6 Å². The SMILES string of the molecule is CC(CN1CCCC1)NCc1cncs1. The summed E-state index contributed by atoms with van der Waals surface area (Å²) in [4.78, 5) is 7.94. The molecule has 0 aliphatic carbocycles. The first kappa shape index (κ1) is 11.0. The molecular formula is C11H19N3S. The number of nitrogens with one attached hydrogen (secondary N) is 1. The van der Waals surface area contributed by atoms with Crippen LogP contribution in [0, 0.1) is 0 Å². The molecule has 1 aromatic heterocycles. The van der Waals surface area contributed by atoms with E-state index in [9.17, 15) is 0 Å². The standard InChI is InChI=1S/C11H19N3S/c1-10(8-14-4-2-3-5-14)13-7-11-6-12-9-15-11/h6,9-10,13H,2-5,7-8H2,1H3. The maximum absolute atomic E-state index is 4.07. The normalized spacial score (nSPS) is 19.5. The Hall–Kier alpha value is -0.450. The van der Waals surface area contributed by atoms with E-state index in [4.69, 9.17) is 0 Å². The Morgan fingerprint density at radius 3 is 3.00 bits per heavy atom. The van der Waals surface area contributed by atoms with E-state index in [1.54, 1.807) is 11.3 Å². The van der Waals surface area contributed by atoms with Crippen LogP contribution in [0.3, 0.4) is 0 Å². The number of rotatable bonds is 5. The molecule has 2 heterocycles. The van der Waals surface area contributed by atoms with E-state index in [2.05, 4.69) is 22.1 Å². The fourth-order valence-corrected chi connectivity index (χ4v) is 2.57. The smallest absolute Gasteiger partial charge is 0.0794 e. The third-order valence-electron chi connectivity index (χ3n) is 2.84. The van der Waals surface area contributed by atoms with Gasteiger partial charge in [0.25, 0.3) is 0 Å². The molecule has 1 aliphatic rings. The Kier molecular flexibility index (Phi) is 4.11. The van der Waals surface area contributed by atoms with Gasteiger partial charge in [-0.25, -0.2) is 0 Å². The molecule has 1 saturated heterocycles. The number of hydrogen-bond acceptors (Lipinski definition) is 4. The number of nitrogens with zero attached hydrogens (tertiary/aromatic N) is 2. The molecular weight excluding hydrogens is 206 g/mol. The van der Waals surface area contributed by atoms with Gasteiger partial charge in [0.05, 0.1) is 5.51 Å². The van der Waals surface area contributed by atoms with Crippen LogP contribution in [0.15, 0.2) is 11.7 Å². The second-order valence-corrected chi connectivity index (χ2v) is 5.23. The molecule has 4 heteroatoms. The third-order valence-corrected chi connectivity index (χ3v) is 3.62. The van der Waals surface area contributed by atoms with Gasteiger partial charge in [0.15, 0.2) is 0 Å². The van der Waals surface area contributed by atoms with Gasteiger partial charge in [-0.2, -0.15) is 0 Å². The molecule has 0 aromatic carbocycles. The van der Waals surface area contributed by atoms with Crippen LogP contribution in [0.2, 0.25) is 0 Å². The minimum atomic E-state index is 0.574. The van der Waals surface area contributed by atoms with Crippen molar-refractivity contribution >= 4 is 11.3 Å². The van der Waals surface area contributed by atoms with Crippen LogP contribution in [0.25, 0.3) is 0 Å². The lowest BCUT2D eigenvalue weighted by atomic mass is 10.3.